The van der Waals surface area contributed by atoms with Gasteiger partial charge in [0, 0.05) is 20.8 Å². The number of hydrogen-bond donors (Lipinski definition) is 2. The van der Waals surface area contributed by atoms with Crippen molar-refractivity contribution in [1.82, 2.24) is 5.32 Å². The van der Waals surface area contributed by atoms with Crippen molar-refractivity contribution in [2.24, 2.45) is 0 Å². The summed E-state index contributed by atoms with van der Waals surface area (Å²) >= 11 is 0. The van der Waals surface area contributed by atoms with Crippen molar-refractivity contribution >= 4 is 15.4 Å². The summed E-state index contributed by atoms with van der Waals surface area (Å²) in [6, 6.07) is 1.05. The third-order valence-corrected chi connectivity index (χ3v) is 4.12. The number of aliphatic hydroxyl groups excluding tert-OH is 1. The predicted octanol–water partition coefficient (Wildman–Crippen LogP) is -0.963. The van der Waals surface area contributed by atoms with Crippen LogP contribution in [0.5, 0.6) is 0 Å². The Balaban J connectivity index is 3.35. The molecule has 90 valence electrons. The van der Waals surface area contributed by atoms with Crippen LogP contribution in [0.2, 0.25) is 6.04 Å². The number of nitrogens with one attached hydrogen (secondary N) is 1. The monoisotopic (exact) mass is 235 g/mol. The van der Waals surface area contributed by atoms with E-state index in [-0.39, 0.29) is 11.8 Å². The van der Waals surface area contributed by atoms with Gasteiger partial charge in [0.2, 0.25) is 5.91 Å². The average Bonchev–Trinajstić information content (AvgIpc) is 2.23. The number of ether oxygens (including phenoxy) is 2. The topological polar surface area (TPSA) is 67.8 Å². The van der Waals surface area contributed by atoms with Crippen LogP contribution in [0.25, 0.3) is 0 Å². The van der Waals surface area contributed by atoms with Crippen LogP contribution < -0.4 is 5.32 Å². The van der Waals surface area contributed by atoms with E-state index in [0.717, 1.165) is 12.5 Å². The molecule has 0 aromatic heterocycles. The Kier molecular flexibility index (Phi) is 8.59. The highest BCUT2D eigenvalue weighted by Crippen LogP contribution is 1.95. The summed E-state index contributed by atoms with van der Waals surface area (Å²) in [6.07, 6.45) is -0.0126. The Morgan fingerprint density at radius 1 is 1.47 bits per heavy atom. The van der Waals surface area contributed by atoms with E-state index in [1.807, 2.05) is 0 Å². The van der Waals surface area contributed by atoms with Crippen molar-refractivity contribution in [3.8, 4) is 0 Å². The quantitative estimate of drug-likeness (QED) is 0.323. The van der Waals surface area contributed by atoms with Crippen molar-refractivity contribution in [2.75, 3.05) is 20.8 Å². The molecule has 0 bridgehead atoms. The lowest BCUT2D eigenvalue weighted by atomic mass is 10.3. The molecule has 0 aliphatic carbocycles. The van der Waals surface area contributed by atoms with E-state index < -0.39 is 15.6 Å². The highest BCUT2D eigenvalue weighted by molar-refractivity contribution is 6.36. The number of aliphatic hydroxyl groups is 1. The molecular formula is C9H21NO4Si. The Bertz CT molecular complexity index is 173. The van der Waals surface area contributed by atoms with E-state index in [4.69, 9.17) is 14.6 Å². The first kappa shape index (κ1) is 14.6. The molecule has 1 amide bonds. The third kappa shape index (κ3) is 7.49. The molecule has 1 unspecified atom stereocenters. The average molecular weight is 235 g/mol. The fourth-order valence-electron chi connectivity index (χ4n) is 1.13. The van der Waals surface area contributed by atoms with Crippen molar-refractivity contribution in [3.05, 3.63) is 0 Å². The van der Waals surface area contributed by atoms with Crippen LogP contribution >= 0.6 is 0 Å². The summed E-state index contributed by atoms with van der Waals surface area (Å²) in [5.41, 5.74) is 0. The molecule has 0 saturated carbocycles. The maximum atomic E-state index is 11.0. The van der Waals surface area contributed by atoms with E-state index in [1.165, 1.54) is 6.92 Å². The van der Waals surface area contributed by atoms with Gasteiger partial charge in [-0.25, -0.2) is 0 Å². The molecule has 0 fully saturated rings. The molecule has 0 saturated heterocycles. The number of carbonyl (C=O) groups excluding carboxylic acids is 1. The van der Waals surface area contributed by atoms with E-state index in [2.05, 4.69) is 5.32 Å². The van der Waals surface area contributed by atoms with Crippen LogP contribution in [0, 0.1) is 0 Å². The summed E-state index contributed by atoms with van der Waals surface area (Å²) in [7, 11) is 2.87. The smallest absolute Gasteiger partial charge is 0.248 e. The SMILES string of the molecule is COC(OC)[SiH2]CCCNC(=O)C(C)O. The molecule has 0 aromatic rings. The van der Waals surface area contributed by atoms with E-state index in [9.17, 15) is 4.79 Å². The van der Waals surface area contributed by atoms with E-state index in [1.54, 1.807) is 14.2 Å². The van der Waals surface area contributed by atoms with Gasteiger partial charge in [-0.1, -0.05) is 6.04 Å². The van der Waals surface area contributed by atoms with Gasteiger partial charge in [0.15, 0.2) is 0 Å². The number of methoxy groups -OCH3 is 2. The largest absolute Gasteiger partial charge is 0.384 e. The van der Waals surface area contributed by atoms with Crippen molar-refractivity contribution in [3.63, 3.8) is 0 Å². The zero-order chi connectivity index (χ0) is 11.7. The lowest BCUT2D eigenvalue weighted by molar-refractivity contribution is -0.128. The molecule has 5 nitrogen and oxygen atoms in total. The molecule has 0 aliphatic rings. The summed E-state index contributed by atoms with van der Waals surface area (Å²) < 4.78 is 10.2. The Morgan fingerprint density at radius 3 is 2.53 bits per heavy atom. The number of rotatable bonds is 8. The fraction of sp³-hybridized carbons (Fsp3) is 0.889. The molecule has 0 radical (unpaired) electrons. The normalized spacial score (nSPS) is 13.7. The minimum atomic E-state index is -0.923. The number of amides is 1. The molecule has 1 atom stereocenters. The molecule has 0 aromatic carbocycles. The Hall–Kier alpha value is -0.433. The molecule has 0 rings (SSSR count). The molecule has 6 heteroatoms. The Labute approximate surface area is 93.0 Å². The maximum Gasteiger partial charge on any atom is 0.248 e. The second kappa shape index (κ2) is 8.84. The van der Waals surface area contributed by atoms with Gasteiger partial charge in [0.05, 0.1) is 9.52 Å². The highest BCUT2D eigenvalue weighted by atomic mass is 28.2. The van der Waals surface area contributed by atoms with Gasteiger partial charge in [0.25, 0.3) is 0 Å². The van der Waals surface area contributed by atoms with Crippen LogP contribution in [-0.2, 0) is 14.3 Å². The van der Waals surface area contributed by atoms with E-state index in [0.29, 0.717) is 6.54 Å². The van der Waals surface area contributed by atoms with Gasteiger partial charge in [-0.15, -0.1) is 0 Å². The first-order valence-electron chi connectivity index (χ1n) is 5.13. The fourth-order valence-corrected chi connectivity index (χ4v) is 2.47. The first-order valence-corrected chi connectivity index (χ1v) is 6.94. The molecular weight excluding hydrogens is 214 g/mol. The maximum absolute atomic E-state index is 11.0. The minimum Gasteiger partial charge on any atom is -0.384 e. The molecule has 0 aliphatic heterocycles. The predicted molar refractivity (Wildman–Crippen MR) is 60.5 cm³/mol. The lowest BCUT2D eigenvalue weighted by Crippen LogP contribution is -2.33. The third-order valence-electron chi connectivity index (χ3n) is 2.07. The summed E-state index contributed by atoms with van der Waals surface area (Å²) in [4.78, 5) is 11.0. The summed E-state index contributed by atoms with van der Waals surface area (Å²) in [6.45, 7) is 2.06. The molecule has 0 spiro atoms. The molecule has 2 N–H and O–H groups in total. The number of hydrogen-bond acceptors (Lipinski definition) is 4. The summed E-state index contributed by atoms with van der Waals surface area (Å²) in [5, 5.41) is 11.5. The molecule has 0 heterocycles. The van der Waals surface area contributed by atoms with Crippen molar-refractivity contribution in [1.29, 1.82) is 0 Å². The first-order chi connectivity index (χ1) is 7.11. The van der Waals surface area contributed by atoms with Gasteiger partial charge in [-0.05, 0) is 13.3 Å². The van der Waals surface area contributed by atoms with Crippen LogP contribution in [-0.4, -0.2) is 53.3 Å². The second-order valence-corrected chi connectivity index (χ2v) is 5.31. The van der Waals surface area contributed by atoms with Gasteiger partial charge >= 0.3 is 0 Å². The van der Waals surface area contributed by atoms with Gasteiger partial charge in [-0.3, -0.25) is 4.79 Å². The molecule has 15 heavy (non-hydrogen) atoms. The Morgan fingerprint density at radius 2 is 2.07 bits per heavy atom. The second-order valence-electron chi connectivity index (χ2n) is 3.36. The van der Waals surface area contributed by atoms with Gasteiger partial charge in [0.1, 0.15) is 12.0 Å². The lowest BCUT2D eigenvalue weighted by Gasteiger charge is -2.12. The van der Waals surface area contributed by atoms with Crippen molar-refractivity contribution < 1.29 is 19.4 Å². The zero-order valence-corrected chi connectivity index (χ0v) is 11.1. The van der Waals surface area contributed by atoms with Crippen LogP contribution in [0.4, 0.5) is 0 Å². The standard InChI is InChI=1S/C9H21NO4Si/c1-7(11)8(12)10-5-4-6-15-9(13-2)14-3/h7,9,11H,4-6,15H2,1-3H3,(H,10,12). The number of carbonyl (C=O) groups is 1. The summed E-state index contributed by atoms with van der Waals surface area (Å²) in [5.74, 6) is -0.343. The van der Waals surface area contributed by atoms with Gasteiger partial charge < -0.3 is 19.9 Å². The van der Waals surface area contributed by atoms with E-state index >= 15 is 0 Å². The highest BCUT2D eigenvalue weighted by Gasteiger charge is 2.08. The van der Waals surface area contributed by atoms with Gasteiger partial charge in [-0.2, -0.15) is 0 Å². The van der Waals surface area contributed by atoms with Crippen LogP contribution in [0.15, 0.2) is 0 Å². The van der Waals surface area contributed by atoms with Crippen molar-refractivity contribution in [2.45, 2.75) is 31.4 Å². The minimum absolute atomic E-state index is 0.0301. The zero-order valence-electron chi connectivity index (χ0n) is 9.66. The van der Waals surface area contributed by atoms with Crippen LogP contribution in [0.1, 0.15) is 13.3 Å². The van der Waals surface area contributed by atoms with Crippen LogP contribution in [0.3, 0.4) is 0 Å².